The van der Waals surface area contributed by atoms with E-state index >= 15 is 0 Å². The van der Waals surface area contributed by atoms with Crippen molar-refractivity contribution in [2.75, 3.05) is 5.43 Å². The lowest BCUT2D eigenvalue weighted by molar-refractivity contribution is -0.144. The van der Waals surface area contributed by atoms with E-state index in [4.69, 9.17) is 0 Å². The van der Waals surface area contributed by atoms with E-state index in [1.807, 2.05) is 0 Å². The van der Waals surface area contributed by atoms with Gasteiger partial charge in [0.1, 0.15) is 5.82 Å². The number of nitrogens with zero attached hydrogens (tertiary/aromatic N) is 3. The molecule has 0 fully saturated rings. The number of hydrazine groups is 1. The lowest BCUT2D eigenvalue weighted by Crippen LogP contribution is -2.37. The molecule has 1 N–H and O–H groups in total. The van der Waals surface area contributed by atoms with Crippen LogP contribution in [-0.2, 0) is 15.8 Å². The van der Waals surface area contributed by atoms with Crippen LogP contribution in [0, 0.1) is 5.82 Å². The molecule has 3 rings (SSSR count). The van der Waals surface area contributed by atoms with Crippen LogP contribution in [-0.4, -0.2) is 26.8 Å². The van der Waals surface area contributed by atoms with Crippen molar-refractivity contribution >= 4 is 28.5 Å². The molecular formula is C14H8F4N4O2. The van der Waals surface area contributed by atoms with Gasteiger partial charge in [-0.2, -0.15) is 18.2 Å². The third-order valence-electron chi connectivity index (χ3n) is 3.23. The predicted molar refractivity (Wildman–Crippen MR) is 73.7 cm³/mol. The fourth-order valence-electron chi connectivity index (χ4n) is 2.11. The number of nitrogens with one attached hydrogen (secondary N) is 1. The molecule has 0 atom stereocenters. The van der Waals surface area contributed by atoms with Gasteiger partial charge >= 0.3 is 6.18 Å². The molecule has 0 saturated carbocycles. The number of halogens is 4. The standard InChI is InChI=1S/C14H8F4N4O2/c1-6-4-10(23)22(12(6)24)21-11-8-3-2-7(15)5-9(8)19-13(20-11)14(16,17)18/h2-5H,1H3,(H,19,20,21). The minimum Gasteiger partial charge on any atom is -0.271 e. The van der Waals surface area contributed by atoms with E-state index in [1.165, 1.54) is 6.92 Å². The number of anilines is 1. The molecule has 124 valence electrons. The van der Waals surface area contributed by atoms with Crippen molar-refractivity contribution in [3.05, 3.63) is 41.5 Å². The van der Waals surface area contributed by atoms with Gasteiger partial charge < -0.3 is 0 Å². The van der Waals surface area contributed by atoms with Gasteiger partial charge in [-0.25, -0.2) is 14.4 Å². The zero-order valence-electron chi connectivity index (χ0n) is 12.0. The van der Waals surface area contributed by atoms with Gasteiger partial charge in [0, 0.05) is 23.1 Å². The molecule has 1 aliphatic rings. The summed E-state index contributed by atoms with van der Waals surface area (Å²) >= 11 is 0. The van der Waals surface area contributed by atoms with Crippen molar-refractivity contribution < 1.29 is 27.2 Å². The normalized spacial score (nSPS) is 15.2. The number of fused-ring (bicyclic) bond motifs is 1. The highest BCUT2D eigenvalue weighted by molar-refractivity contribution is 6.16. The summed E-state index contributed by atoms with van der Waals surface area (Å²) < 4.78 is 52.1. The number of carbonyl (C=O) groups is 2. The molecule has 1 aliphatic heterocycles. The van der Waals surface area contributed by atoms with Crippen molar-refractivity contribution in [2.45, 2.75) is 13.1 Å². The van der Waals surface area contributed by atoms with Crippen LogP contribution < -0.4 is 5.43 Å². The smallest absolute Gasteiger partial charge is 0.271 e. The second kappa shape index (κ2) is 5.25. The maximum absolute atomic E-state index is 13.3. The summed E-state index contributed by atoms with van der Waals surface area (Å²) in [7, 11) is 0. The Morgan fingerprint density at radius 2 is 1.88 bits per heavy atom. The number of alkyl halides is 3. The Balaban J connectivity index is 2.12. The fraction of sp³-hybridized carbons (Fsp3) is 0.143. The maximum Gasteiger partial charge on any atom is 0.451 e. The van der Waals surface area contributed by atoms with Crippen LogP contribution in [0.2, 0.25) is 0 Å². The van der Waals surface area contributed by atoms with Gasteiger partial charge in [-0.3, -0.25) is 15.0 Å². The van der Waals surface area contributed by atoms with E-state index < -0.39 is 35.5 Å². The number of imide groups is 1. The minimum atomic E-state index is -4.88. The lowest BCUT2D eigenvalue weighted by Gasteiger charge is -2.18. The SMILES string of the molecule is CC1=CC(=O)N(Nc2nc(C(F)(F)F)nc3cc(F)ccc23)C1=O. The van der Waals surface area contributed by atoms with Crippen LogP contribution in [0.5, 0.6) is 0 Å². The van der Waals surface area contributed by atoms with Crippen LogP contribution >= 0.6 is 0 Å². The Labute approximate surface area is 131 Å². The molecule has 0 saturated heterocycles. The fourth-order valence-corrected chi connectivity index (χ4v) is 2.11. The predicted octanol–water partition coefficient (Wildman–Crippen LogP) is 2.43. The molecule has 0 bridgehead atoms. The zero-order valence-corrected chi connectivity index (χ0v) is 12.0. The zero-order chi connectivity index (χ0) is 17.6. The Hall–Kier alpha value is -3.04. The highest BCUT2D eigenvalue weighted by Gasteiger charge is 2.36. The molecule has 24 heavy (non-hydrogen) atoms. The molecule has 1 aromatic heterocycles. The number of benzene rings is 1. The molecule has 6 nitrogen and oxygen atoms in total. The summed E-state index contributed by atoms with van der Waals surface area (Å²) in [4.78, 5) is 30.2. The Kier molecular flexibility index (Phi) is 3.47. The van der Waals surface area contributed by atoms with E-state index in [0.29, 0.717) is 5.01 Å². The van der Waals surface area contributed by atoms with Crippen molar-refractivity contribution in [2.24, 2.45) is 0 Å². The first-order chi connectivity index (χ1) is 11.2. The van der Waals surface area contributed by atoms with Crippen LogP contribution in [0.1, 0.15) is 12.7 Å². The van der Waals surface area contributed by atoms with Crippen LogP contribution in [0.3, 0.4) is 0 Å². The molecular weight excluding hydrogens is 332 g/mol. The number of aromatic nitrogens is 2. The third kappa shape index (κ3) is 2.66. The average molecular weight is 340 g/mol. The first-order valence-corrected chi connectivity index (χ1v) is 6.54. The van der Waals surface area contributed by atoms with Gasteiger partial charge in [0.15, 0.2) is 5.82 Å². The third-order valence-corrected chi connectivity index (χ3v) is 3.23. The summed E-state index contributed by atoms with van der Waals surface area (Å²) in [6.45, 7) is 1.39. The monoisotopic (exact) mass is 340 g/mol. The van der Waals surface area contributed by atoms with Crippen LogP contribution in [0.4, 0.5) is 23.4 Å². The van der Waals surface area contributed by atoms with E-state index in [9.17, 15) is 27.2 Å². The molecule has 0 unspecified atom stereocenters. The lowest BCUT2D eigenvalue weighted by atomic mass is 10.2. The molecule has 2 aromatic rings. The van der Waals surface area contributed by atoms with E-state index in [-0.39, 0.29) is 16.5 Å². The van der Waals surface area contributed by atoms with Crippen molar-refractivity contribution in [1.29, 1.82) is 0 Å². The van der Waals surface area contributed by atoms with E-state index in [0.717, 1.165) is 24.3 Å². The van der Waals surface area contributed by atoms with Crippen LogP contribution in [0.25, 0.3) is 10.9 Å². The molecule has 0 spiro atoms. The molecule has 2 amide bonds. The van der Waals surface area contributed by atoms with Gasteiger partial charge in [0.05, 0.1) is 5.52 Å². The highest BCUT2D eigenvalue weighted by Crippen LogP contribution is 2.31. The number of amides is 2. The second-order valence-corrected chi connectivity index (χ2v) is 4.97. The summed E-state index contributed by atoms with van der Waals surface area (Å²) in [6, 6.07) is 2.95. The maximum atomic E-state index is 13.3. The molecule has 0 aliphatic carbocycles. The average Bonchev–Trinajstić information content (AvgIpc) is 2.72. The largest absolute Gasteiger partial charge is 0.451 e. The quantitative estimate of drug-likeness (QED) is 0.671. The van der Waals surface area contributed by atoms with Gasteiger partial charge in [-0.05, 0) is 19.1 Å². The summed E-state index contributed by atoms with van der Waals surface area (Å²) in [6.07, 6.45) is -3.85. The second-order valence-electron chi connectivity index (χ2n) is 4.97. The summed E-state index contributed by atoms with van der Waals surface area (Å²) in [5.74, 6) is -4.21. The van der Waals surface area contributed by atoms with E-state index in [1.54, 1.807) is 0 Å². The first kappa shape index (κ1) is 15.8. The van der Waals surface area contributed by atoms with Gasteiger partial charge in [-0.15, -0.1) is 0 Å². The number of rotatable bonds is 2. The molecule has 0 radical (unpaired) electrons. The Bertz CT molecular complexity index is 908. The Morgan fingerprint density at radius 1 is 1.17 bits per heavy atom. The van der Waals surface area contributed by atoms with Gasteiger partial charge in [-0.1, -0.05) is 0 Å². The minimum absolute atomic E-state index is 0.0227. The highest BCUT2D eigenvalue weighted by atomic mass is 19.4. The molecule has 10 heteroatoms. The molecule has 2 heterocycles. The van der Waals surface area contributed by atoms with Crippen LogP contribution in [0.15, 0.2) is 29.8 Å². The van der Waals surface area contributed by atoms with E-state index in [2.05, 4.69) is 15.4 Å². The van der Waals surface area contributed by atoms with Crippen molar-refractivity contribution in [3.8, 4) is 0 Å². The summed E-state index contributed by atoms with van der Waals surface area (Å²) in [5.41, 5.74) is 2.06. The van der Waals surface area contributed by atoms with Crippen molar-refractivity contribution in [3.63, 3.8) is 0 Å². The summed E-state index contributed by atoms with van der Waals surface area (Å²) in [5, 5.41) is 0.551. The van der Waals surface area contributed by atoms with Gasteiger partial charge in [0.25, 0.3) is 11.8 Å². The topological polar surface area (TPSA) is 75.2 Å². The Morgan fingerprint density at radius 3 is 2.46 bits per heavy atom. The first-order valence-electron chi connectivity index (χ1n) is 6.54. The number of carbonyl (C=O) groups excluding carboxylic acids is 2. The van der Waals surface area contributed by atoms with Crippen molar-refractivity contribution in [1.82, 2.24) is 15.0 Å². The van der Waals surface area contributed by atoms with Gasteiger partial charge in [0.2, 0.25) is 5.82 Å². The number of hydrogen-bond acceptors (Lipinski definition) is 5. The number of hydrogen-bond donors (Lipinski definition) is 1. The molecule has 1 aromatic carbocycles.